The van der Waals surface area contributed by atoms with Gasteiger partial charge >= 0.3 is 5.97 Å². The van der Waals surface area contributed by atoms with Gasteiger partial charge in [0.2, 0.25) is 29.5 Å². The molecular formula is C73H121N5O54. The van der Waals surface area contributed by atoms with E-state index >= 15 is 0 Å². The lowest BCUT2D eigenvalue weighted by atomic mass is 9.88. The highest BCUT2D eigenvalue weighted by atomic mass is 16.8. The third kappa shape index (κ3) is 24.0. The van der Waals surface area contributed by atoms with Crippen molar-refractivity contribution in [3.8, 4) is 0 Å². The van der Waals surface area contributed by atoms with Crippen LogP contribution in [0.1, 0.15) is 41.0 Å². The molecular weight excluding hydrogens is 1810 g/mol. The van der Waals surface area contributed by atoms with Crippen molar-refractivity contribution in [1.82, 2.24) is 26.6 Å². The van der Waals surface area contributed by atoms with Gasteiger partial charge in [0.15, 0.2) is 56.6 Å². The minimum absolute atomic E-state index is 0.809. The van der Waals surface area contributed by atoms with Crippen LogP contribution in [0.4, 0.5) is 0 Å². The number of rotatable bonds is 36. The average molecular weight is 1930 g/mol. The summed E-state index contributed by atoms with van der Waals surface area (Å²) in [6.45, 7) is -7.12. The molecule has 59 nitrogen and oxygen atoms in total. The Labute approximate surface area is 746 Å². The SMILES string of the molecule is CC(=O)N[C@@H]1[C@@H](O)[C@H](O[C@@H]2O[C@H](CO)[C@@H](O[C@@H]3O[C@H](CO[C@H]4O[C@H](CO)[C@@H](O)[C@H](O)[C@@H]4O[C@@H]4O[C@H](CO)[C@@H](O[C@@H]5O[C@H](CO)[C@H](O)[C@H](O[C@]6(C(=O)O)C[C@H](O)[C@@H](NC(C)=O)[C@H]([C@H](O)[C@H](O)CO)O6)[C@H]5O)[C@H](O)[C@H]4NC(C)=O)[C@@H](O)[C@H](O[C@H]4O[C@H](CO)[C@@H](O[C@@H]5O[C@H](CO)[C@@H](O)[C@H](O[C@@H]6O[C@H](CO)[C@H](O)[C@H](O)[C@H]6O)[C@H]5NC(C)=O)[C@H](O)[C@@H]4O)[C@@H]3O)[C@H](O)[C@H]2NC(C)=O)[C@@H](CO)O[C@H]1O. The number of carboxylic acids is 1. The normalized spacial score (nSPS) is 47.2. The molecule has 34 N–H and O–H groups in total. The summed E-state index contributed by atoms with van der Waals surface area (Å²) >= 11 is 0. The van der Waals surface area contributed by atoms with Gasteiger partial charge in [0.05, 0.1) is 78.2 Å². The Bertz CT molecular complexity index is 3680. The number of aliphatic hydroxyl groups excluding tert-OH is 28. The van der Waals surface area contributed by atoms with Gasteiger partial charge in [-0.05, 0) is 0 Å². The molecule has 0 aromatic rings. The lowest BCUT2D eigenvalue weighted by Gasteiger charge is -2.51. The van der Waals surface area contributed by atoms with Gasteiger partial charge in [-0.1, -0.05) is 0 Å². The van der Waals surface area contributed by atoms with Crippen LogP contribution in [0.3, 0.4) is 0 Å². The predicted octanol–water partition coefficient (Wildman–Crippen LogP) is -22.9. The summed E-state index contributed by atoms with van der Waals surface area (Å²) in [6.07, 6.45) is -99.4. The van der Waals surface area contributed by atoms with E-state index in [-0.39, 0.29) is 0 Å². The van der Waals surface area contributed by atoms with E-state index in [9.17, 15) is 177 Å². The third-order valence-corrected chi connectivity index (χ3v) is 23.8. The Kier molecular flexibility index (Phi) is 39.0. The Balaban J connectivity index is 0.942. The number of nitrogens with one attached hydrogen (secondary N) is 5. The molecule has 10 aliphatic rings. The van der Waals surface area contributed by atoms with Crippen LogP contribution in [0.15, 0.2) is 0 Å². The molecule has 10 rings (SSSR count). The van der Waals surface area contributed by atoms with Crippen molar-refractivity contribution in [2.45, 2.75) is 353 Å². The summed E-state index contributed by atoms with van der Waals surface area (Å²) in [4.78, 5) is 76.9. The predicted molar refractivity (Wildman–Crippen MR) is 405 cm³/mol. The van der Waals surface area contributed by atoms with E-state index < -0.39 is 420 Å². The molecule has 132 heavy (non-hydrogen) atoms. The Hall–Kier alpha value is -5.06. The maximum atomic E-state index is 13.3. The number of amides is 5. The molecule has 0 unspecified atom stereocenters. The molecule has 5 amide bonds. The van der Waals surface area contributed by atoms with Crippen molar-refractivity contribution in [3.63, 3.8) is 0 Å². The highest BCUT2D eigenvalue weighted by molar-refractivity contribution is 5.77. The van der Waals surface area contributed by atoms with Gasteiger partial charge in [-0.3, -0.25) is 24.0 Å². The van der Waals surface area contributed by atoms with E-state index in [1.54, 1.807) is 0 Å². The first-order valence-electron chi connectivity index (χ1n) is 41.8. The zero-order valence-electron chi connectivity index (χ0n) is 70.8. The Morgan fingerprint density at radius 1 is 0.311 bits per heavy atom. The van der Waals surface area contributed by atoms with Crippen molar-refractivity contribution in [2.75, 3.05) is 66.1 Å². The van der Waals surface area contributed by atoms with Gasteiger partial charge in [-0.15, -0.1) is 0 Å². The molecule has 0 aromatic heterocycles. The maximum Gasteiger partial charge on any atom is 0.364 e. The first-order chi connectivity index (χ1) is 62.3. The minimum atomic E-state index is -3.31. The quantitative estimate of drug-likeness (QED) is 0.0277. The molecule has 10 fully saturated rings. The van der Waals surface area contributed by atoms with E-state index in [1.165, 1.54) is 0 Å². The summed E-state index contributed by atoms with van der Waals surface area (Å²) in [5.74, 6) is -10.1. The van der Waals surface area contributed by atoms with Crippen molar-refractivity contribution in [3.05, 3.63) is 0 Å². The topological polar surface area (TPSA) is 925 Å². The Morgan fingerprint density at radius 2 is 0.621 bits per heavy atom. The van der Waals surface area contributed by atoms with Crippen LogP contribution in [-0.2, 0) is 119 Å². The molecule has 0 radical (unpaired) electrons. The van der Waals surface area contributed by atoms with E-state index in [1.807, 2.05) is 0 Å². The lowest BCUT2D eigenvalue weighted by Crippen LogP contribution is -2.71. The fourth-order valence-corrected chi connectivity index (χ4v) is 17.1. The molecule has 762 valence electrons. The summed E-state index contributed by atoms with van der Waals surface area (Å²) in [6, 6.07) is -9.36. The maximum absolute atomic E-state index is 13.3. The fraction of sp³-hybridized carbons (Fsp3) is 0.918. The minimum Gasteiger partial charge on any atom is -0.477 e. The van der Waals surface area contributed by atoms with Gasteiger partial charge in [0, 0.05) is 41.0 Å². The third-order valence-electron chi connectivity index (χ3n) is 23.8. The standard InChI is InChI=1S/C73H121N5O54/c1-17(88)74-33-22(93)6-73(72(112)113,131-59(33)38(95)23(94)7-79)132-61-42(99)27(11-83)118-70(53(61)110)127-56-30(14-86)121-65(36(46(56)103)77-20(4)91)130-62-48(105)40(97)25(9-81)119-71(62)114-16-32-43(100)60(52(109)69(123-32)126-55-29(13-85)120-64(35(45(55)102)76-19(3)90)124-54-28(12-84)115-63(111)34(44(54)101)75-18(2)89)129-68-51(108)49(106)57(31(15-87)122-68)125-66-37(78-21(5)92)58(41(98)26(10-82)116-66)128-67-50(107)47(104)39(96)24(8-80)117-67/h22-71,79-87,93-111H,6-16H2,1-5H3,(H,74,88)(H,75,89)(H,76,90)(H,77,91)(H,78,92)(H,112,113)/t22-,23+,24+,25+,26+,27+,28+,29+,30+,31+,32+,33+,34+,35+,36+,37+,38+,39-,40+,41+,42-,43+,44+,45+,46+,47-,48-,49+,50+,51-,52-,53+,54+,55+,56+,57+,58+,59+,60-,61-,62-,63+,64-,65-,66-,67-,68+,69-,70-,71-,73-/m0/s1. The van der Waals surface area contributed by atoms with Crippen LogP contribution in [0.25, 0.3) is 0 Å². The van der Waals surface area contributed by atoms with Crippen LogP contribution in [0.2, 0.25) is 0 Å². The van der Waals surface area contributed by atoms with Crippen LogP contribution in [0, 0.1) is 0 Å². The van der Waals surface area contributed by atoms with E-state index in [4.69, 9.17) is 90.0 Å². The Morgan fingerprint density at radius 3 is 1.08 bits per heavy atom. The van der Waals surface area contributed by atoms with Gasteiger partial charge < -0.3 is 265 Å². The molecule has 10 heterocycles. The molecule has 0 saturated carbocycles. The number of hydrogen-bond acceptors (Lipinski definition) is 53. The summed E-state index contributed by atoms with van der Waals surface area (Å²) < 4.78 is 112. The van der Waals surface area contributed by atoms with E-state index in [2.05, 4.69) is 26.6 Å². The van der Waals surface area contributed by atoms with Gasteiger partial charge in [-0.2, -0.15) is 0 Å². The number of aliphatic carboxylic acids is 1. The molecule has 10 aliphatic heterocycles. The molecule has 0 aliphatic carbocycles. The fourth-order valence-electron chi connectivity index (χ4n) is 17.1. The first kappa shape index (κ1) is 109. The van der Waals surface area contributed by atoms with Crippen molar-refractivity contribution >= 4 is 35.5 Å². The van der Waals surface area contributed by atoms with Crippen LogP contribution in [0.5, 0.6) is 0 Å². The van der Waals surface area contributed by atoms with Gasteiger partial charge in [0.25, 0.3) is 5.79 Å². The van der Waals surface area contributed by atoms with E-state index in [0.717, 1.165) is 34.6 Å². The number of carboxylic acid groups (broad SMARTS) is 1. The molecule has 0 spiro atoms. The van der Waals surface area contributed by atoms with Crippen molar-refractivity contribution < 1.29 is 267 Å². The number of aliphatic hydroxyl groups is 28. The van der Waals surface area contributed by atoms with Crippen LogP contribution in [-0.4, -0.2) is 562 Å². The summed E-state index contributed by atoms with van der Waals surface area (Å²) in [5.41, 5.74) is 0. The first-order valence-corrected chi connectivity index (χ1v) is 41.8. The monoisotopic (exact) mass is 1930 g/mol. The smallest absolute Gasteiger partial charge is 0.364 e. The number of carbonyl (C=O) groups excluding carboxylic acids is 5. The molecule has 10 saturated heterocycles. The van der Waals surface area contributed by atoms with Gasteiger partial charge in [-0.25, -0.2) is 4.79 Å². The van der Waals surface area contributed by atoms with Crippen LogP contribution >= 0.6 is 0 Å². The zero-order chi connectivity index (χ0) is 97.6. The number of ether oxygens (including phenoxy) is 19. The lowest BCUT2D eigenvalue weighted by molar-refractivity contribution is -0.395. The van der Waals surface area contributed by atoms with Crippen molar-refractivity contribution in [1.29, 1.82) is 0 Å². The highest BCUT2D eigenvalue weighted by Crippen LogP contribution is 2.43. The summed E-state index contributed by atoms with van der Waals surface area (Å²) in [7, 11) is 0. The second kappa shape index (κ2) is 47.3. The summed E-state index contributed by atoms with van der Waals surface area (Å²) in [5, 5.41) is 336. The van der Waals surface area contributed by atoms with Crippen molar-refractivity contribution in [2.24, 2.45) is 0 Å². The number of hydrogen-bond donors (Lipinski definition) is 34. The molecule has 59 heteroatoms. The molecule has 0 aromatic carbocycles. The van der Waals surface area contributed by atoms with E-state index in [0.29, 0.717) is 0 Å². The second-order valence-corrected chi connectivity index (χ2v) is 33.1. The zero-order valence-corrected chi connectivity index (χ0v) is 70.8. The van der Waals surface area contributed by atoms with Crippen LogP contribution < -0.4 is 26.6 Å². The average Bonchev–Trinajstić information content (AvgIpc) is 0.772. The molecule has 51 atom stereocenters. The largest absolute Gasteiger partial charge is 0.477 e. The second-order valence-electron chi connectivity index (χ2n) is 33.1. The number of carbonyl (C=O) groups is 6. The van der Waals surface area contributed by atoms with Gasteiger partial charge in [0.1, 0.15) is 238 Å². The molecule has 0 bridgehead atoms. The highest BCUT2D eigenvalue weighted by Gasteiger charge is 2.64.